The third-order valence-corrected chi connectivity index (χ3v) is 2.39. The maximum atomic E-state index is 11.7. The van der Waals surface area contributed by atoms with Crippen molar-refractivity contribution in [2.75, 3.05) is 0 Å². The van der Waals surface area contributed by atoms with Crippen LogP contribution in [0.3, 0.4) is 0 Å². The Bertz CT molecular complexity index is 476. The molecule has 0 radical (unpaired) electrons. The third kappa shape index (κ3) is 2.93. The molecule has 2 heterocycles. The van der Waals surface area contributed by atoms with Gasteiger partial charge in [0.2, 0.25) is 5.91 Å². The van der Waals surface area contributed by atoms with E-state index in [1.54, 1.807) is 6.07 Å². The maximum absolute atomic E-state index is 11.7. The molecule has 0 unspecified atom stereocenters. The largest absolute Gasteiger partial charge is 0.465 e. The van der Waals surface area contributed by atoms with Crippen molar-refractivity contribution >= 4 is 17.5 Å². The Balaban J connectivity index is 1.87. The summed E-state index contributed by atoms with van der Waals surface area (Å²) in [4.78, 5) is 22.5. The van der Waals surface area contributed by atoms with E-state index in [4.69, 9.17) is 4.42 Å². The number of amides is 2. The minimum atomic E-state index is -0.279. The van der Waals surface area contributed by atoms with Gasteiger partial charge in [-0.05, 0) is 19.1 Å². The minimum absolute atomic E-state index is 0.164. The summed E-state index contributed by atoms with van der Waals surface area (Å²) in [5.41, 5.74) is 2.62. The summed E-state index contributed by atoms with van der Waals surface area (Å²) in [6, 6.07) is 3.64. The molecule has 6 heteroatoms. The van der Waals surface area contributed by atoms with Gasteiger partial charge >= 0.3 is 0 Å². The van der Waals surface area contributed by atoms with Crippen molar-refractivity contribution in [1.29, 1.82) is 0 Å². The first kappa shape index (κ1) is 11.4. The van der Waals surface area contributed by atoms with E-state index < -0.39 is 0 Å². The highest BCUT2D eigenvalue weighted by atomic mass is 16.3. The van der Waals surface area contributed by atoms with E-state index in [-0.39, 0.29) is 11.8 Å². The topological polar surface area (TPSA) is 83.7 Å². The lowest BCUT2D eigenvalue weighted by Crippen LogP contribution is -2.36. The van der Waals surface area contributed by atoms with E-state index in [9.17, 15) is 9.59 Å². The summed E-state index contributed by atoms with van der Waals surface area (Å²) >= 11 is 0. The predicted octanol–water partition coefficient (Wildman–Crippen LogP) is 0.470. The molecule has 1 aliphatic heterocycles. The standard InChI is InChI=1S/C11H13N3O3/c1-7-2-3-8(17-7)6-12-11(16)9-4-5-10(15)14-13-9/h2-3H,4-6H2,1H3,(H,12,16)(H,14,15). The number of hydrazone groups is 1. The second kappa shape index (κ2) is 4.82. The van der Waals surface area contributed by atoms with Gasteiger partial charge in [-0.25, -0.2) is 5.43 Å². The molecule has 1 aliphatic rings. The number of rotatable bonds is 3. The van der Waals surface area contributed by atoms with Crippen LogP contribution in [0.4, 0.5) is 0 Å². The number of nitrogens with zero attached hydrogens (tertiary/aromatic N) is 1. The normalized spacial score (nSPS) is 15.1. The lowest BCUT2D eigenvalue weighted by Gasteiger charge is -2.11. The number of hydrogen-bond acceptors (Lipinski definition) is 4. The van der Waals surface area contributed by atoms with Gasteiger partial charge in [0.1, 0.15) is 17.2 Å². The highest BCUT2D eigenvalue weighted by Crippen LogP contribution is 2.06. The Labute approximate surface area is 98.1 Å². The van der Waals surface area contributed by atoms with Crippen LogP contribution in [0.15, 0.2) is 21.7 Å². The number of hydrogen-bond donors (Lipinski definition) is 2. The number of nitrogens with one attached hydrogen (secondary N) is 2. The van der Waals surface area contributed by atoms with Crippen LogP contribution in [0.25, 0.3) is 0 Å². The van der Waals surface area contributed by atoms with Crippen LogP contribution < -0.4 is 10.7 Å². The number of aryl methyl sites for hydroxylation is 1. The molecule has 6 nitrogen and oxygen atoms in total. The average molecular weight is 235 g/mol. The zero-order valence-electron chi connectivity index (χ0n) is 9.45. The first-order chi connectivity index (χ1) is 8.15. The molecule has 0 bridgehead atoms. The van der Waals surface area contributed by atoms with Gasteiger partial charge in [0.15, 0.2) is 0 Å². The van der Waals surface area contributed by atoms with Crippen LogP contribution in [0.2, 0.25) is 0 Å². The number of carbonyl (C=O) groups excluding carboxylic acids is 2. The first-order valence-electron chi connectivity index (χ1n) is 5.34. The summed E-state index contributed by atoms with van der Waals surface area (Å²) in [6.07, 6.45) is 0.668. The van der Waals surface area contributed by atoms with Gasteiger partial charge in [0.05, 0.1) is 6.54 Å². The van der Waals surface area contributed by atoms with Crippen molar-refractivity contribution < 1.29 is 14.0 Å². The Morgan fingerprint density at radius 2 is 2.35 bits per heavy atom. The molecule has 1 aromatic heterocycles. The van der Waals surface area contributed by atoms with Gasteiger partial charge in [-0.1, -0.05) is 0 Å². The van der Waals surface area contributed by atoms with E-state index in [1.807, 2.05) is 13.0 Å². The van der Waals surface area contributed by atoms with Gasteiger partial charge in [0.25, 0.3) is 5.91 Å². The van der Waals surface area contributed by atoms with E-state index in [1.165, 1.54) is 0 Å². The maximum Gasteiger partial charge on any atom is 0.267 e. The predicted molar refractivity (Wildman–Crippen MR) is 60.1 cm³/mol. The van der Waals surface area contributed by atoms with Crippen molar-refractivity contribution in [1.82, 2.24) is 10.7 Å². The SMILES string of the molecule is Cc1ccc(CNC(=O)C2=NNC(=O)CC2)o1. The molecule has 0 aromatic carbocycles. The van der Waals surface area contributed by atoms with Gasteiger partial charge in [-0.15, -0.1) is 0 Å². The molecular weight excluding hydrogens is 222 g/mol. The van der Waals surface area contributed by atoms with Crippen LogP contribution >= 0.6 is 0 Å². The molecule has 0 saturated heterocycles. The van der Waals surface area contributed by atoms with E-state index >= 15 is 0 Å². The molecule has 1 aromatic rings. The molecule has 2 N–H and O–H groups in total. The summed E-state index contributed by atoms with van der Waals surface area (Å²) in [5.74, 6) is 1.05. The van der Waals surface area contributed by atoms with E-state index in [0.29, 0.717) is 30.9 Å². The zero-order chi connectivity index (χ0) is 12.3. The Morgan fingerprint density at radius 3 is 2.94 bits per heavy atom. The average Bonchev–Trinajstić information content (AvgIpc) is 2.73. The van der Waals surface area contributed by atoms with Crippen LogP contribution in [0.1, 0.15) is 24.4 Å². The highest BCUT2D eigenvalue weighted by Gasteiger charge is 2.18. The summed E-state index contributed by atoms with van der Waals surface area (Å²) in [7, 11) is 0. The molecule has 0 spiro atoms. The van der Waals surface area contributed by atoms with Crippen molar-refractivity contribution in [2.24, 2.45) is 5.10 Å². The van der Waals surface area contributed by atoms with Gasteiger partial charge in [-0.2, -0.15) is 5.10 Å². The molecule has 2 rings (SSSR count). The summed E-state index contributed by atoms with van der Waals surface area (Å²) in [6.45, 7) is 2.16. The summed E-state index contributed by atoms with van der Waals surface area (Å²) in [5, 5.41) is 6.38. The third-order valence-electron chi connectivity index (χ3n) is 2.39. The lowest BCUT2D eigenvalue weighted by molar-refractivity contribution is -0.121. The van der Waals surface area contributed by atoms with Crippen molar-refractivity contribution in [3.8, 4) is 0 Å². The molecule has 0 aliphatic carbocycles. The van der Waals surface area contributed by atoms with E-state index in [2.05, 4.69) is 15.8 Å². The second-order valence-electron chi connectivity index (χ2n) is 3.79. The van der Waals surface area contributed by atoms with Crippen LogP contribution in [0.5, 0.6) is 0 Å². The molecule has 0 atom stereocenters. The fourth-order valence-corrected chi connectivity index (χ4v) is 1.49. The Morgan fingerprint density at radius 1 is 1.53 bits per heavy atom. The summed E-state index contributed by atoms with van der Waals surface area (Å²) < 4.78 is 5.31. The minimum Gasteiger partial charge on any atom is -0.465 e. The fraction of sp³-hybridized carbons (Fsp3) is 0.364. The van der Waals surface area contributed by atoms with Crippen LogP contribution in [-0.2, 0) is 16.1 Å². The number of furan rings is 1. The quantitative estimate of drug-likeness (QED) is 0.798. The van der Waals surface area contributed by atoms with E-state index in [0.717, 1.165) is 5.76 Å². The van der Waals surface area contributed by atoms with Crippen LogP contribution in [0, 0.1) is 6.92 Å². The number of carbonyl (C=O) groups is 2. The van der Waals surface area contributed by atoms with Gasteiger partial charge in [0, 0.05) is 12.8 Å². The van der Waals surface area contributed by atoms with Gasteiger partial charge in [-0.3, -0.25) is 9.59 Å². The molecule has 2 amide bonds. The Hall–Kier alpha value is -2.11. The van der Waals surface area contributed by atoms with Crippen LogP contribution in [-0.4, -0.2) is 17.5 Å². The molecular formula is C11H13N3O3. The second-order valence-corrected chi connectivity index (χ2v) is 3.79. The monoisotopic (exact) mass is 235 g/mol. The van der Waals surface area contributed by atoms with Crippen molar-refractivity contribution in [2.45, 2.75) is 26.3 Å². The zero-order valence-corrected chi connectivity index (χ0v) is 9.45. The Kier molecular flexibility index (Phi) is 3.22. The molecule has 17 heavy (non-hydrogen) atoms. The highest BCUT2D eigenvalue weighted by molar-refractivity contribution is 6.39. The smallest absolute Gasteiger partial charge is 0.267 e. The van der Waals surface area contributed by atoms with Crippen molar-refractivity contribution in [3.63, 3.8) is 0 Å². The molecule has 0 fully saturated rings. The lowest BCUT2D eigenvalue weighted by atomic mass is 10.1. The van der Waals surface area contributed by atoms with Crippen molar-refractivity contribution in [3.05, 3.63) is 23.7 Å². The molecule has 0 saturated carbocycles. The van der Waals surface area contributed by atoms with Gasteiger partial charge < -0.3 is 9.73 Å². The molecule has 90 valence electrons. The fourth-order valence-electron chi connectivity index (χ4n) is 1.49. The first-order valence-corrected chi connectivity index (χ1v) is 5.34.